The molecule has 3 heterocycles. The fourth-order valence-electron chi connectivity index (χ4n) is 3.99. The second kappa shape index (κ2) is 9.55. The topological polar surface area (TPSA) is 144 Å². The normalized spacial score (nSPS) is 20.6. The van der Waals surface area contributed by atoms with Gasteiger partial charge in [-0.2, -0.15) is 5.10 Å². The monoisotopic (exact) mass is 439 g/mol. The van der Waals surface area contributed by atoms with Crippen LogP contribution in [0.15, 0.2) is 34.9 Å². The lowest BCUT2D eigenvalue weighted by Gasteiger charge is -2.29. The van der Waals surface area contributed by atoms with Gasteiger partial charge in [0.05, 0.1) is 12.6 Å². The number of hydrogen-bond donors (Lipinski definition) is 4. The fourth-order valence-corrected chi connectivity index (χ4v) is 3.99. The van der Waals surface area contributed by atoms with Crippen LogP contribution in [0.3, 0.4) is 0 Å². The van der Waals surface area contributed by atoms with Crippen molar-refractivity contribution in [1.29, 1.82) is 0 Å². The first-order chi connectivity index (χ1) is 15.5. The van der Waals surface area contributed by atoms with E-state index in [4.69, 9.17) is 15.1 Å². The number of carbonyl (C=O) groups is 1. The molecule has 2 atom stereocenters. The molecular formula is C21H26BN5O5. The van der Waals surface area contributed by atoms with Crippen LogP contribution in [0.4, 0.5) is 11.5 Å². The minimum atomic E-state index is -1.08. The number of aromatic nitrogens is 2. The van der Waals surface area contributed by atoms with E-state index in [0.717, 1.165) is 12.0 Å². The Balaban J connectivity index is 1.63. The number of carbonyl (C=O) groups excluding carboxylic acids is 1. The van der Waals surface area contributed by atoms with Crippen LogP contribution in [0.1, 0.15) is 34.8 Å². The number of rotatable bonds is 7. The van der Waals surface area contributed by atoms with Crippen molar-refractivity contribution >= 4 is 36.8 Å². The molecule has 4 rings (SSSR count). The Kier molecular flexibility index (Phi) is 6.59. The lowest BCUT2D eigenvalue weighted by atomic mass is 9.74. The number of hydrogen-bond acceptors (Lipinski definition) is 8. The molecule has 32 heavy (non-hydrogen) atoms. The van der Waals surface area contributed by atoms with Crippen molar-refractivity contribution < 1.29 is 24.3 Å². The third kappa shape index (κ3) is 4.54. The Bertz CT molecular complexity index is 1050. The minimum Gasteiger partial charge on any atom is -0.532 e. The molecule has 2 aliphatic heterocycles. The Morgan fingerprint density at radius 1 is 1.50 bits per heavy atom. The van der Waals surface area contributed by atoms with Gasteiger partial charge in [-0.25, -0.2) is 0 Å². The van der Waals surface area contributed by atoms with Gasteiger partial charge in [0.2, 0.25) is 0 Å². The number of benzene rings is 1. The molecule has 0 aliphatic carbocycles. The first kappa shape index (κ1) is 22.1. The average Bonchev–Trinajstić information content (AvgIpc) is 3.19. The van der Waals surface area contributed by atoms with Gasteiger partial charge in [-0.3, -0.25) is 9.48 Å². The number of primary amides is 1. The SMILES string of the molecule is CN=C[C@H]1CCOC[C@@H]1n1cc(C(N)=O)c(Nc2ccc3c(c2)C=C(CCO)B(O)O3)n1. The zero-order valence-electron chi connectivity index (χ0n) is 17.8. The summed E-state index contributed by atoms with van der Waals surface area (Å²) in [6.07, 6.45) is 6.43. The highest BCUT2D eigenvalue weighted by molar-refractivity contribution is 6.54. The molecule has 1 aromatic carbocycles. The van der Waals surface area contributed by atoms with Gasteiger partial charge in [-0.05, 0) is 36.5 Å². The van der Waals surface area contributed by atoms with E-state index in [1.165, 1.54) is 0 Å². The molecule has 168 valence electrons. The van der Waals surface area contributed by atoms with Crippen LogP contribution in [-0.4, -0.2) is 66.0 Å². The number of amides is 1. The molecule has 0 saturated carbocycles. The Morgan fingerprint density at radius 2 is 2.34 bits per heavy atom. The van der Waals surface area contributed by atoms with Gasteiger partial charge < -0.3 is 35.6 Å². The Hall–Kier alpha value is -3.15. The second-order valence-electron chi connectivity index (χ2n) is 7.78. The maximum absolute atomic E-state index is 12.1. The zero-order valence-corrected chi connectivity index (χ0v) is 17.8. The first-order valence-electron chi connectivity index (χ1n) is 10.5. The number of aliphatic hydroxyl groups excluding tert-OH is 1. The van der Waals surface area contributed by atoms with Gasteiger partial charge in [0, 0.05) is 49.8 Å². The van der Waals surface area contributed by atoms with Gasteiger partial charge in [0.15, 0.2) is 5.82 Å². The van der Waals surface area contributed by atoms with Crippen LogP contribution in [0, 0.1) is 5.92 Å². The third-order valence-electron chi connectivity index (χ3n) is 5.63. The van der Waals surface area contributed by atoms with Crippen LogP contribution in [0.2, 0.25) is 0 Å². The van der Waals surface area contributed by atoms with E-state index < -0.39 is 13.0 Å². The first-order valence-corrected chi connectivity index (χ1v) is 10.5. The van der Waals surface area contributed by atoms with Gasteiger partial charge >= 0.3 is 7.12 Å². The molecular weight excluding hydrogens is 413 g/mol. The molecule has 11 heteroatoms. The summed E-state index contributed by atoms with van der Waals surface area (Å²) in [6, 6.07) is 5.20. The number of nitrogens with zero attached hydrogens (tertiary/aromatic N) is 3. The standard InChI is InChI=1S/C21H26BN5O5/c1-24-10-13-5-7-31-12-18(13)27-11-17(20(23)29)21(26-27)25-16-2-3-19-14(9-16)8-15(4-6-28)22(30)32-19/h2-3,8-11,13,18,28,30H,4-7,12H2,1H3,(H2,23,29)(H,25,26)/t13-,18+/m1/s1. The number of aliphatic imine (C=N–C) groups is 1. The summed E-state index contributed by atoms with van der Waals surface area (Å²) in [5.74, 6) is 0.410. The summed E-state index contributed by atoms with van der Waals surface area (Å²) >= 11 is 0. The quantitative estimate of drug-likeness (QED) is 0.375. The summed E-state index contributed by atoms with van der Waals surface area (Å²) in [5.41, 5.74) is 7.87. The number of ether oxygens (including phenoxy) is 1. The lowest BCUT2D eigenvalue weighted by Crippen LogP contribution is -2.31. The molecule has 1 saturated heterocycles. The molecule has 0 unspecified atom stereocenters. The molecule has 1 amide bonds. The van der Waals surface area contributed by atoms with Gasteiger partial charge in [0.25, 0.3) is 5.91 Å². The molecule has 1 aromatic heterocycles. The van der Waals surface area contributed by atoms with Crippen LogP contribution in [0.25, 0.3) is 6.08 Å². The lowest BCUT2D eigenvalue weighted by molar-refractivity contribution is 0.0385. The van der Waals surface area contributed by atoms with Gasteiger partial charge in [0.1, 0.15) is 11.3 Å². The van der Waals surface area contributed by atoms with E-state index in [0.29, 0.717) is 42.4 Å². The predicted molar refractivity (Wildman–Crippen MR) is 121 cm³/mol. The maximum Gasteiger partial charge on any atom is 0.555 e. The van der Waals surface area contributed by atoms with Crippen molar-refractivity contribution in [2.24, 2.45) is 16.6 Å². The number of aliphatic hydroxyl groups is 1. The van der Waals surface area contributed by atoms with Crippen LogP contribution in [0.5, 0.6) is 5.75 Å². The smallest absolute Gasteiger partial charge is 0.532 e. The van der Waals surface area contributed by atoms with E-state index >= 15 is 0 Å². The minimum absolute atomic E-state index is 0.0897. The van der Waals surface area contributed by atoms with E-state index in [2.05, 4.69) is 15.4 Å². The van der Waals surface area contributed by atoms with E-state index in [1.54, 1.807) is 36.1 Å². The molecule has 2 aromatic rings. The molecule has 0 spiro atoms. The molecule has 1 fully saturated rings. The summed E-state index contributed by atoms with van der Waals surface area (Å²) in [5, 5.41) is 27.0. The van der Waals surface area contributed by atoms with Crippen molar-refractivity contribution in [3.05, 3.63) is 41.0 Å². The third-order valence-corrected chi connectivity index (χ3v) is 5.63. The Labute approximate surface area is 185 Å². The molecule has 0 radical (unpaired) electrons. The van der Waals surface area contributed by atoms with E-state index in [1.807, 2.05) is 12.3 Å². The number of fused-ring (bicyclic) bond motifs is 1. The van der Waals surface area contributed by atoms with Crippen molar-refractivity contribution in [3.63, 3.8) is 0 Å². The fraction of sp³-hybridized carbons (Fsp3) is 0.381. The van der Waals surface area contributed by atoms with E-state index in [9.17, 15) is 14.9 Å². The second-order valence-corrected chi connectivity index (χ2v) is 7.78. The summed E-state index contributed by atoms with van der Waals surface area (Å²) in [6.45, 7) is 1.03. The van der Waals surface area contributed by atoms with Crippen LogP contribution in [-0.2, 0) is 4.74 Å². The molecule has 10 nitrogen and oxygen atoms in total. The molecule has 5 N–H and O–H groups in total. The largest absolute Gasteiger partial charge is 0.555 e. The highest BCUT2D eigenvalue weighted by Crippen LogP contribution is 2.33. The molecule has 2 aliphatic rings. The average molecular weight is 439 g/mol. The van der Waals surface area contributed by atoms with Crippen LogP contribution < -0.4 is 15.7 Å². The predicted octanol–water partition coefficient (Wildman–Crippen LogP) is 1.18. The van der Waals surface area contributed by atoms with Crippen molar-refractivity contribution in [1.82, 2.24) is 9.78 Å². The van der Waals surface area contributed by atoms with Crippen molar-refractivity contribution in [2.75, 3.05) is 32.2 Å². The molecule has 0 bridgehead atoms. The van der Waals surface area contributed by atoms with Crippen molar-refractivity contribution in [2.45, 2.75) is 18.9 Å². The summed E-state index contributed by atoms with van der Waals surface area (Å²) < 4.78 is 12.8. The van der Waals surface area contributed by atoms with Crippen LogP contribution >= 0.6 is 0 Å². The maximum atomic E-state index is 12.1. The van der Waals surface area contributed by atoms with Gasteiger partial charge in [-0.15, -0.1) is 0 Å². The highest BCUT2D eigenvalue weighted by atomic mass is 16.5. The number of nitrogens with two attached hydrogens (primary N) is 1. The van der Waals surface area contributed by atoms with Gasteiger partial charge in [-0.1, -0.05) is 6.08 Å². The van der Waals surface area contributed by atoms with Crippen molar-refractivity contribution in [3.8, 4) is 5.75 Å². The van der Waals surface area contributed by atoms with E-state index in [-0.39, 0.29) is 24.1 Å². The Morgan fingerprint density at radius 3 is 3.09 bits per heavy atom. The summed E-state index contributed by atoms with van der Waals surface area (Å²) in [7, 11) is 0.652. The highest BCUT2D eigenvalue weighted by Gasteiger charge is 2.29. The number of anilines is 2. The zero-order chi connectivity index (χ0) is 22.7. The number of nitrogens with one attached hydrogen (secondary N) is 1. The summed E-state index contributed by atoms with van der Waals surface area (Å²) in [4.78, 5) is 16.2.